The fraction of sp³-hybridized carbons (Fsp3) is 0.917. The van der Waals surface area contributed by atoms with E-state index in [0.29, 0.717) is 5.84 Å². The Morgan fingerprint density at radius 2 is 1.88 bits per heavy atom. The Kier molecular flexibility index (Phi) is 3.38. The summed E-state index contributed by atoms with van der Waals surface area (Å²) in [4.78, 5) is 2.60. The van der Waals surface area contributed by atoms with E-state index >= 15 is 0 Å². The fourth-order valence-electron chi connectivity index (χ4n) is 3.03. The smallest absolute Gasteiger partial charge is 0.145 e. The predicted octanol–water partition coefficient (Wildman–Crippen LogP) is 1.78. The zero-order chi connectivity index (χ0) is 11.6. The number of piperidine rings is 1. The van der Waals surface area contributed by atoms with Crippen LogP contribution in [0.3, 0.4) is 0 Å². The Morgan fingerprint density at radius 1 is 1.31 bits per heavy atom. The molecule has 0 unspecified atom stereocenters. The topological polar surface area (TPSA) is 61.9 Å². The lowest BCUT2D eigenvalue weighted by molar-refractivity contribution is 0.116. The Labute approximate surface area is 97.5 Å². The van der Waals surface area contributed by atoms with E-state index in [1.54, 1.807) is 0 Å². The van der Waals surface area contributed by atoms with Gasteiger partial charge in [0.15, 0.2) is 0 Å². The van der Waals surface area contributed by atoms with Gasteiger partial charge in [-0.25, -0.2) is 0 Å². The average molecular weight is 225 g/mol. The lowest BCUT2D eigenvalue weighted by Gasteiger charge is -2.41. The van der Waals surface area contributed by atoms with Crippen LogP contribution >= 0.6 is 0 Å². The van der Waals surface area contributed by atoms with Crippen LogP contribution in [0.15, 0.2) is 5.16 Å². The number of nitrogens with two attached hydrogens (primary N) is 1. The van der Waals surface area contributed by atoms with Crippen LogP contribution < -0.4 is 5.73 Å². The van der Waals surface area contributed by atoms with Crippen molar-refractivity contribution in [2.24, 2.45) is 16.3 Å². The molecule has 4 nitrogen and oxygen atoms in total. The quantitative estimate of drug-likeness (QED) is 0.326. The highest BCUT2D eigenvalue weighted by Gasteiger charge is 2.36. The summed E-state index contributed by atoms with van der Waals surface area (Å²) in [7, 11) is 0. The summed E-state index contributed by atoms with van der Waals surface area (Å²) in [5, 5.41) is 12.0. The van der Waals surface area contributed by atoms with Gasteiger partial charge in [-0.3, -0.25) is 0 Å². The molecule has 0 bridgehead atoms. The number of amidine groups is 1. The molecule has 4 heteroatoms. The highest BCUT2D eigenvalue weighted by Crippen LogP contribution is 2.34. The minimum atomic E-state index is -0.0934. The van der Waals surface area contributed by atoms with Crippen LogP contribution in [-0.2, 0) is 0 Å². The number of nitrogens with zero attached hydrogens (tertiary/aromatic N) is 2. The van der Waals surface area contributed by atoms with E-state index in [1.165, 1.54) is 25.7 Å². The summed E-state index contributed by atoms with van der Waals surface area (Å²) in [5.74, 6) is 0.401. The second kappa shape index (κ2) is 4.62. The van der Waals surface area contributed by atoms with Crippen molar-refractivity contribution in [2.75, 3.05) is 13.1 Å². The van der Waals surface area contributed by atoms with Crippen LogP contribution in [0.1, 0.15) is 45.4 Å². The van der Waals surface area contributed by atoms with E-state index in [2.05, 4.69) is 17.0 Å². The van der Waals surface area contributed by atoms with E-state index in [4.69, 9.17) is 10.9 Å². The van der Waals surface area contributed by atoms with Crippen LogP contribution in [0.2, 0.25) is 0 Å². The molecule has 2 rings (SSSR count). The molecule has 92 valence electrons. The van der Waals surface area contributed by atoms with Gasteiger partial charge in [-0.05, 0) is 38.8 Å². The average Bonchev–Trinajstić information content (AvgIpc) is 2.82. The van der Waals surface area contributed by atoms with E-state index in [9.17, 15) is 0 Å². The Morgan fingerprint density at radius 3 is 2.38 bits per heavy atom. The number of rotatable bonds is 2. The molecule has 1 saturated carbocycles. The first-order valence-corrected chi connectivity index (χ1v) is 6.38. The maximum absolute atomic E-state index is 8.78. The number of hydrogen-bond acceptors (Lipinski definition) is 3. The molecule has 0 aromatic heterocycles. The first-order chi connectivity index (χ1) is 7.65. The van der Waals surface area contributed by atoms with Gasteiger partial charge in [0, 0.05) is 11.5 Å². The summed E-state index contributed by atoms with van der Waals surface area (Å²) in [6, 6.07) is 0.803. The van der Waals surface area contributed by atoms with Gasteiger partial charge in [-0.1, -0.05) is 24.9 Å². The summed E-state index contributed by atoms with van der Waals surface area (Å²) in [5.41, 5.74) is 5.67. The summed E-state index contributed by atoms with van der Waals surface area (Å²) in [6.07, 6.45) is 7.52. The molecule has 1 aliphatic carbocycles. The van der Waals surface area contributed by atoms with Crippen LogP contribution in [0.5, 0.6) is 0 Å². The molecular formula is C12H23N3O. The van der Waals surface area contributed by atoms with Crippen molar-refractivity contribution in [2.45, 2.75) is 51.5 Å². The number of hydrogen-bond donors (Lipinski definition) is 2. The van der Waals surface area contributed by atoms with Crippen molar-refractivity contribution in [1.82, 2.24) is 4.90 Å². The third-order valence-corrected chi connectivity index (χ3v) is 4.47. The minimum Gasteiger partial charge on any atom is -0.409 e. The normalized spacial score (nSPS) is 28.4. The minimum absolute atomic E-state index is 0.0934. The lowest BCUT2D eigenvalue weighted by Crippen LogP contribution is -2.48. The summed E-state index contributed by atoms with van der Waals surface area (Å²) < 4.78 is 0. The molecule has 1 heterocycles. The molecular weight excluding hydrogens is 202 g/mol. The van der Waals surface area contributed by atoms with Crippen molar-refractivity contribution in [3.8, 4) is 0 Å². The Hall–Kier alpha value is -0.770. The van der Waals surface area contributed by atoms with Crippen molar-refractivity contribution in [1.29, 1.82) is 0 Å². The highest BCUT2D eigenvalue weighted by atomic mass is 16.4. The molecule has 2 aliphatic rings. The third-order valence-electron chi connectivity index (χ3n) is 4.47. The maximum Gasteiger partial charge on any atom is 0.145 e. The second-order valence-corrected chi connectivity index (χ2v) is 5.52. The summed E-state index contributed by atoms with van der Waals surface area (Å²) in [6.45, 7) is 4.29. The fourth-order valence-corrected chi connectivity index (χ4v) is 3.03. The van der Waals surface area contributed by atoms with Gasteiger partial charge in [0.2, 0.25) is 0 Å². The number of oxime groups is 1. The number of likely N-dealkylation sites (tertiary alicyclic amines) is 1. The zero-order valence-electron chi connectivity index (χ0n) is 10.2. The van der Waals surface area contributed by atoms with Crippen molar-refractivity contribution >= 4 is 5.84 Å². The first-order valence-electron chi connectivity index (χ1n) is 6.38. The van der Waals surface area contributed by atoms with Crippen LogP contribution in [-0.4, -0.2) is 35.1 Å². The molecule has 1 aliphatic heterocycles. The van der Waals surface area contributed by atoms with E-state index in [1.807, 2.05) is 0 Å². The van der Waals surface area contributed by atoms with Gasteiger partial charge in [0.05, 0.1) is 0 Å². The Bertz CT molecular complexity index is 263. The molecule has 16 heavy (non-hydrogen) atoms. The highest BCUT2D eigenvalue weighted by molar-refractivity contribution is 5.85. The molecule has 0 spiro atoms. The predicted molar refractivity (Wildman–Crippen MR) is 64.6 cm³/mol. The van der Waals surface area contributed by atoms with Gasteiger partial charge in [-0.2, -0.15) is 0 Å². The third kappa shape index (κ3) is 2.17. The monoisotopic (exact) mass is 225 g/mol. The van der Waals surface area contributed by atoms with E-state index in [0.717, 1.165) is 32.0 Å². The van der Waals surface area contributed by atoms with Gasteiger partial charge >= 0.3 is 0 Å². The van der Waals surface area contributed by atoms with Crippen LogP contribution in [0.4, 0.5) is 0 Å². The molecule has 0 atom stereocenters. The molecule has 0 radical (unpaired) electrons. The van der Waals surface area contributed by atoms with Crippen molar-refractivity contribution in [3.63, 3.8) is 0 Å². The van der Waals surface area contributed by atoms with Crippen LogP contribution in [0.25, 0.3) is 0 Å². The van der Waals surface area contributed by atoms with Crippen molar-refractivity contribution in [3.05, 3.63) is 0 Å². The van der Waals surface area contributed by atoms with Gasteiger partial charge in [-0.15, -0.1) is 0 Å². The molecule has 2 fully saturated rings. The molecule has 0 aromatic rings. The van der Waals surface area contributed by atoms with E-state index < -0.39 is 0 Å². The summed E-state index contributed by atoms with van der Waals surface area (Å²) >= 11 is 0. The Balaban J connectivity index is 1.90. The van der Waals surface area contributed by atoms with E-state index in [-0.39, 0.29) is 5.41 Å². The van der Waals surface area contributed by atoms with Crippen LogP contribution in [0, 0.1) is 5.41 Å². The molecule has 0 aromatic carbocycles. The second-order valence-electron chi connectivity index (χ2n) is 5.52. The van der Waals surface area contributed by atoms with Gasteiger partial charge in [0.25, 0.3) is 0 Å². The molecule has 3 N–H and O–H groups in total. The zero-order valence-corrected chi connectivity index (χ0v) is 10.2. The van der Waals surface area contributed by atoms with Crippen molar-refractivity contribution < 1.29 is 5.21 Å². The largest absolute Gasteiger partial charge is 0.409 e. The maximum atomic E-state index is 8.78. The SMILES string of the molecule is CC1(C(N)=NO)CCN(C2CCCC2)CC1. The molecule has 1 saturated heterocycles. The standard InChI is InChI=1S/C12H23N3O/c1-12(11(13)14-16)6-8-15(9-7-12)10-4-2-3-5-10/h10,16H,2-9H2,1H3,(H2,13,14). The lowest BCUT2D eigenvalue weighted by atomic mass is 9.79. The molecule has 0 amide bonds. The first kappa shape index (κ1) is 11.7. The van der Waals surface area contributed by atoms with Gasteiger partial charge < -0.3 is 15.8 Å². The van der Waals surface area contributed by atoms with Gasteiger partial charge in [0.1, 0.15) is 5.84 Å².